The molecule has 1 saturated heterocycles. The summed E-state index contributed by atoms with van der Waals surface area (Å²) in [5, 5.41) is 0. The van der Waals surface area contributed by atoms with Gasteiger partial charge in [-0.05, 0) is 13.3 Å². The predicted molar refractivity (Wildman–Crippen MR) is 46.5 cm³/mol. The maximum atomic E-state index is 5.36. The van der Waals surface area contributed by atoms with E-state index in [0.29, 0.717) is 0 Å². The summed E-state index contributed by atoms with van der Waals surface area (Å²) in [7, 11) is 0. The van der Waals surface area contributed by atoms with Gasteiger partial charge < -0.3 is 9.22 Å². The third-order valence-corrected chi connectivity index (χ3v) is 2.79. The van der Waals surface area contributed by atoms with Crippen molar-refractivity contribution in [2.45, 2.75) is 20.3 Å². The van der Waals surface area contributed by atoms with Gasteiger partial charge in [-0.3, -0.25) is 0 Å². The van der Waals surface area contributed by atoms with E-state index < -0.39 is 0 Å². The summed E-state index contributed by atoms with van der Waals surface area (Å²) < 4.78 is 6.65. The van der Waals surface area contributed by atoms with Crippen LogP contribution in [0.3, 0.4) is 0 Å². The van der Waals surface area contributed by atoms with Crippen LogP contribution in [0.1, 0.15) is 20.3 Å². The molecule has 0 aromatic heterocycles. The Hall–Kier alpha value is 1.02. The number of rotatable bonds is 3. The van der Waals surface area contributed by atoms with Crippen LogP contribution in [0, 0.1) is 0 Å². The number of morpholine rings is 1. The number of ether oxygens (including phenoxy) is 1. The zero-order valence-corrected chi connectivity index (χ0v) is 11.2. The van der Waals surface area contributed by atoms with Crippen molar-refractivity contribution in [1.29, 1.82) is 0 Å². The Bertz CT molecular complexity index is 108. The summed E-state index contributed by atoms with van der Waals surface area (Å²) in [4.78, 5) is 0. The Morgan fingerprint density at radius 1 is 1.17 bits per heavy atom. The third kappa shape index (κ3) is 3.41. The molecule has 0 aliphatic carbocycles. The Morgan fingerprint density at radius 3 is 2.17 bits per heavy atom. The molecule has 0 N–H and O–H groups in total. The van der Waals surface area contributed by atoms with Crippen molar-refractivity contribution in [2.75, 3.05) is 39.4 Å². The maximum Gasteiger partial charge on any atom is 0.102 e. The van der Waals surface area contributed by atoms with Gasteiger partial charge in [0, 0.05) is 32.7 Å². The first kappa shape index (κ1) is 13.0. The van der Waals surface area contributed by atoms with Crippen molar-refractivity contribution in [1.82, 2.24) is 0 Å². The molecule has 3 heteroatoms. The van der Waals surface area contributed by atoms with Crippen LogP contribution in [0.5, 0.6) is 0 Å². The fourth-order valence-corrected chi connectivity index (χ4v) is 1.90. The zero-order chi connectivity index (χ0) is 8.16. The summed E-state index contributed by atoms with van der Waals surface area (Å²) in [6.07, 6.45) is 1.30. The molecule has 0 saturated carbocycles. The second-order valence-corrected chi connectivity index (χ2v) is 3.44. The Kier molecular flexibility index (Phi) is 7.03. The van der Waals surface area contributed by atoms with Gasteiger partial charge in [0.1, 0.15) is 13.1 Å². The van der Waals surface area contributed by atoms with Crippen LogP contribution in [0.25, 0.3) is 0 Å². The van der Waals surface area contributed by atoms with Crippen LogP contribution in [0.15, 0.2) is 0 Å². The molecule has 1 heterocycles. The average molecular weight is 247 g/mol. The summed E-state index contributed by atoms with van der Waals surface area (Å²) in [5.74, 6) is 0. The first-order valence-corrected chi connectivity index (χ1v) is 4.76. The number of likely N-dealkylation sites (N-methyl/N-ethyl adjacent to an activating group) is 1. The van der Waals surface area contributed by atoms with Crippen LogP contribution < -0.4 is 0 Å². The van der Waals surface area contributed by atoms with Crippen molar-refractivity contribution in [3.63, 3.8) is 0 Å². The molecule has 0 bridgehead atoms. The fraction of sp³-hybridized carbons (Fsp3) is 1.00. The van der Waals surface area contributed by atoms with E-state index in [4.69, 9.17) is 4.74 Å². The molecule has 0 aromatic rings. The van der Waals surface area contributed by atoms with Crippen molar-refractivity contribution in [3.8, 4) is 0 Å². The fourth-order valence-electron chi connectivity index (χ4n) is 1.90. The van der Waals surface area contributed by atoms with E-state index in [2.05, 4.69) is 13.8 Å². The number of nitrogens with zero attached hydrogens (tertiary/aromatic N) is 1. The summed E-state index contributed by atoms with van der Waals surface area (Å²) >= 11 is 0. The van der Waals surface area contributed by atoms with Crippen LogP contribution >= 0.6 is 0 Å². The Labute approximate surface area is 101 Å². The smallest absolute Gasteiger partial charge is 0.102 e. The third-order valence-electron chi connectivity index (χ3n) is 2.79. The Morgan fingerprint density at radius 2 is 1.75 bits per heavy atom. The molecule has 1 aliphatic heterocycles. The van der Waals surface area contributed by atoms with Gasteiger partial charge in [0.25, 0.3) is 0 Å². The molecule has 1 fully saturated rings. The molecule has 0 unspecified atom stereocenters. The molecule has 12 heavy (non-hydrogen) atoms. The SMILES string of the molecule is CCC[N+]1(CC)CCOCC1.[Y]. The number of quaternary nitrogens is 1. The first-order chi connectivity index (χ1) is 5.33. The summed E-state index contributed by atoms with van der Waals surface area (Å²) in [6.45, 7) is 11.6. The van der Waals surface area contributed by atoms with Crippen LogP contribution in [0.4, 0.5) is 0 Å². The zero-order valence-electron chi connectivity index (χ0n) is 8.38. The largest absolute Gasteiger partial charge is 0.370 e. The van der Waals surface area contributed by atoms with E-state index in [1.165, 1.54) is 37.1 Å². The minimum Gasteiger partial charge on any atom is -0.370 e. The minimum atomic E-state index is 0. The van der Waals surface area contributed by atoms with Gasteiger partial charge >= 0.3 is 0 Å². The quantitative estimate of drug-likeness (QED) is 0.682. The van der Waals surface area contributed by atoms with Gasteiger partial charge in [-0.15, -0.1) is 0 Å². The second kappa shape index (κ2) is 6.47. The topological polar surface area (TPSA) is 9.23 Å². The minimum absolute atomic E-state index is 0. The van der Waals surface area contributed by atoms with Crippen molar-refractivity contribution in [2.24, 2.45) is 0 Å². The molecule has 0 amide bonds. The average Bonchev–Trinajstić information content (AvgIpc) is 2.07. The van der Waals surface area contributed by atoms with E-state index in [1.54, 1.807) is 0 Å². The van der Waals surface area contributed by atoms with Crippen molar-refractivity contribution in [3.05, 3.63) is 0 Å². The normalized spacial score (nSPS) is 21.5. The molecule has 1 rings (SSSR count). The molecule has 0 spiro atoms. The van der Waals surface area contributed by atoms with Crippen LogP contribution in [-0.2, 0) is 37.4 Å². The van der Waals surface area contributed by atoms with Gasteiger partial charge in [-0.25, -0.2) is 0 Å². The number of hydrogen-bond acceptors (Lipinski definition) is 1. The number of hydrogen-bond donors (Lipinski definition) is 0. The van der Waals surface area contributed by atoms with E-state index >= 15 is 0 Å². The van der Waals surface area contributed by atoms with Gasteiger partial charge in [0.2, 0.25) is 0 Å². The van der Waals surface area contributed by atoms with E-state index in [-0.39, 0.29) is 32.7 Å². The van der Waals surface area contributed by atoms with Gasteiger partial charge in [-0.1, -0.05) is 6.92 Å². The van der Waals surface area contributed by atoms with E-state index in [0.717, 1.165) is 13.2 Å². The predicted octanol–water partition coefficient (Wildman–Crippen LogP) is 1.26. The molecular formula is C9H20NOY+. The van der Waals surface area contributed by atoms with Gasteiger partial charge in [0.15, 0.2) is 0 Å². The van der Waals surface area contributed by atoms with Crippen LogP contribution in [0.2, 0.25) is 0 Å². The molecule has 0 aromatic carbocycles. The van der Waals surface area contributed by atoms with Gasteiger partial charge in [-0.2, -0.15) is 0 Å². The molecule has 0 atom stereocenters. The first-order valence-electron chi connectivity index (χ1n) is 4.76. The molecule has 69 valence electrons. The molecular weight excluding hydrogens is 227 g/mol. The summed E-state index contributed by atoms with van der Waals surface area (Å²) in [5.41, 5.74) is 0. The maximum absolute atomic E-state index is 5.36. The Balaban J connectivity index is 0.00000121. The van der Waals surface area contributed by atoms with E-state index in [9.17, 15) is 0 Å². The van der Waals surface area contributed by atoms with Gasteiger partial charge in [0.05, 0.1) is 26.3 Å². The van der Waals surface area contributed by atoms with Crippen molar-refractivity contribution >= 4 is 0 Å². The van der Waals surface area contributed by atoms with Crippen LogP contribution in [-0.4, -0.2) is 43.9 Å². The second-order valence-electron chi connectivity index (χ2n) is 3.44. The van der Waals surface area contributed by atoms with E-state index in [1.807, 2.05) is 0 Å². The molecule has 1 aliphatic rings. The standard InChI is InChI=1S/C9H20NO.Y/c1-3-5-10(4-2)6-8-11-9-7-10;/h3-9H2,1-2H3;/q+1;. The monoisotopic (exact) mass is 247 g/mol. The molecule has 2 nitrogen and oxygen atoms in total. The van der Waals surface area contributed by atoms with Crippen molar-refractivity contribution < 1.29 is 41.9 Å². The summed E-state index contributed by atoms with van der Waals surface area (Å²) in [6, 6.07) is 0. The molecule has 1 radical (unpaired) electrons.